The smallest absolute Gasteiger partial charge is 0.272 e. The molecule has 0 spiro atoms. The van der Waals surface area contributed by atoms with Gasteiger partial charge < -0.3 is 9.88 Å². The van der Waals surface area contributed by atoms with E-state index in [1.54, 1.807) is 23.1 Å². The van der Waals surface area contributed by atoms with Gasteiger partial charge in [-0.3, -0.25) is 9.89 Å². The summed E-state index contributed by atoms with van der Waals surface area (Å²) in [5.41, 5.74) is 4.97. The van der Waals surface area contributed by atoms with E-state index >= 15 is 0 Å². The summed E-state index contributed by atoms with van der Waals surface area (Å²) in [6, 6.07) is 13.9. The van der Waals surface area contributed by atoms with E-state index in [1.807, 2.05) is 24.4 Å². The molecule has 2 aromatic heterocycles. The topological polar surface area (TPSA) is 64.8 Å². The molecule has 1 aliphatic heterocycles. The second-order valence-corrected chi connectivity index (χ2v) is 7.74. The fourth-order valence-electron chi connectivity index (χ4n) is 3.86. The molecular formula is C23H18ClFN4O. The molecule has 1 amide bonds. The van der Waals surface area contributed by atoms with Crippen LogP contribution in [0.5, 0.6) is 0 Å². The van der Waals surface area contributed by atoms with Crippen LogP contribution in [0.2, 0.25) is 5.02 Å². The van der Waals surface area contributed by atoms with E-state index in [-0.39, 0.29) is 11.7 Å². The standard InChI is InChI=1S/C23H18ClFN4O/c24-16-3-1-2-15(10-16)20-12-22(28-27-20)23(30)29-8-6-14(7-9-29)19-13-26-21-11-17(25)4-5-18(19)21/h1-6,10-13,26H,7-9H2,(H,27,28). The molecule has 0 aliphatic carbocycles. The largest absolute Gasteiger partial charge is 0.360 e. The molecule has 0 saturated heterocycles. The zero-order valence-electron chi connectivity index (χ0n) is 16.0. The minimum atomic E-state index is -0.262. The Morgan fingerprint density at radius 1 is 1.17 bits per heavy atom. The second-order valence-electron chi connectivity index (χ2n) is 7.30. The van der Waals surface area contributed by atoms with E-state index in [2.05, 4.69) is 21.3 Å². The number of fused-ring (bicyclic) bond motifs is 1. The summed E-state index contributed by atoms with van der Waals surface area (Å²) in [6.07, 6.45) is 4.69. The normalized spacial score (nSPS) is 14.2. The molecule has 150 valence electrons. The maximum atomic E-state index is 13.4. The summed E-state index contributed by atoms with van der Waals surface area (Å²) in [7, 11) is 0. The predicted octanol–water partition coefficient (Wildman–Crippen LogP) is 5.28. The number of carbonyl (C=O) groups is 1. The Labute approximate surface area is 177 Å². The number of hydrogen-bond acceptors (Lipinski definition) is 2. The first-order chi connectivity index (χ1) is 14.6. The van der Waals surface area contributed by atoms with Crippen molar-refractivity contribution in [1.29, 1.82) is 0 Å². The van der Waals surface area contributed by atoms with Crippen LogP contribution in [0.15, 0.2) is 60.8 Å². The first-order valence-corrected chi connectivity index (χ1v) is 10.0. The lowest BCUT2D eigenvalue weighted by molar-refractivity contribution is 0.0767. The van der Waals surface area contributed by atoms with E-state index in [0.29, 0.717) is 29.5 Å². The number of carbonyl (C=O) groups excluding carboxylic acids is 1. The van der Waals surface area contributed by atoms with Crippen molar-refractivity contribution in [1.82, 2.24) is 20.1 Å². The molecule has 0 unspecified atom stereocenters. The maximum Gasteiger partial charge on any atom is 0.272 e. The summed E-state index contributed by atoms with van der Waals surface area (Å²) in [6.45, 7) is 1.11. The molecule has 7 heteroatoms. The van der Waals surface area contributed by atoms with Crippen molar-refractivity contribution in [3.8, 4) is 11.3 Å². The summed E-state index contributed by atoms with van der Waals surface area (Å²) in [5.74, 6) is -0.353. The van der Waals surface area contributed by atoms with E-state index in [9.17, 15) is 9.18 Å². The van der Waals surface area contributed by atoms with Crippen LogP contribution >= 0.6 is 11.6 Å². The Bertz CT molecular complexity index is 1290. The summed E-state index contributed by atoms with van der Waals surface area (Å²) in [4.78, 5) is 17.8. The molecule has 30 heavy (non-hydrogen) atoms. The van der Waals surface area contributed by atoms with Crippen LogP contribution < -0.4 is 0 Å². The number of rotatable bonds is 3. The van der Waals surface area contributed by atoms with Crippen LogP contribution in [-0.4, -0.2) is 39.1 Å². The van der Waals surface area contributed by atoms with Gasteiger partial charge in [0.25, 0.3) is 5.91 Å². The molecule has 0 fully saturated rings. The molecule has 2 aromatic carbocycles. The zero-order valence-corrected chi connectivity index (χ0v) is 16.7. The van der Waals surface area contributed by atoms with Crippen molar-refractivity contribution >= 4 is 34.0 Å². The predicted molar refractivity (Wildman–Crippen MR) is 116 cm³/mol. The van der Waals surface area contributed by atoms with Crippen molar-refractivity contribution in [2.75, 3.05) is 13.1 Å². The molecule has 1 aliphatic rings. The monoisotopic (exact) mass is 420 g/mol. The Morgan fingerprint density at radius 3 is 2.87 bits per heavy atom. The lowest BCUT2D eigenvalue weighted by Crippen LogP contribution is -2.34. The highest BCUT2D eigenvalue weighted by atomic mass is 35.5. The fourth-order valence-corrected chi connectivity index (χ4v) is 4.05. The maximum absolute atomic E-state index is 13.4. The van der Waals surface area contributed by atoms with Gasteiger partial charge in [-0.25, -0.2) is 4.39 Å². The van der Waals surface area contributed by atoms with Gasteiger partial charge in [0.2, 0.25) is 0 Å². The quantitative estimate of drug-likeness (QED) is 0.473. The first kappa shape index (κ1) is 18.6. The Balaban J connectivity index is 1.33. The number of aromatic nitrogens is 3. The molecular weight excluding hydrogens is 403 g/mol. The molecule has 5 nitrogen and oxygen atoms in total. The molecule has 2 N–H and O–H groups in total. The fraction of sp³-hybridized carbons (Fsp3) is 0.130. The van der Waals surface area contributed by atoms with Gasteiger partial charge in [0.05, 0.1) is 5.69 Å². The minimum absolute atomic E-state index is 0.0907. The Kier molecular flexibility index (Phi) is 4.64. The minimum Gasteiger partial charge on any atom is -0.360 e. The molecule has 4 aromatic rings. The van der Waals surface area contributed by atoms with Gasteiger partial charge in [-0.15, -0.1) is 0 Å². The molecule has 3 heterocycles. The molecule has 0 radical (unpaired) electrons. The highest BCUT2D eigenvalue weighted by Gasteiger charge is 2.22. The van der Waals surface area contributed by atoms with Crippen molar-refractivity contribution in [3.05, 3.63) is 82.9 Å². The lowest BCUT2D eigenvalue weighted by Gasteiger charge is -2.26. The molecule has 0 bridgehead atoms. The van der Waals surface area contributed by atoms with Crippen molar-refractivity contribution in [2.45, 2.75) is 6.42 Å². The van der Waals surface area contributed by atoms with Crippen LogP contribution in [0.1, 0.15) is 22.5 Å². The molecule has 0 saturated carbocycles. The van der Waals surface area contributed by atoms with Crippen molar-refractivity contribution < 1.29 is 9.18 Å². The number of hydrogen-bond donors (Lipinski definition) is 2. The number of aromatic amines is 2. The SMILES string of the molecule is O=C(c1cc(-c2cccc(Cl)c2)n[nH]1)N1CC=C(c2c[nH]c3cc(F)ccc23)CC1. The summed E-state index contributed by atoms with van der Waals surface area (Å²) >= 11 is 6.05. The van der Waals surface area contributed by atoms with Crippen LogP contribution in [0.3, 0.4) is 0 Å². The highest BCUT2D eigenvalue weighted by molar-refractivity contribution is 6.30. The lowest BCUT2D eigenvalue weighted by atomic mass is 9.98. The van der Waals surface area contributed by atoms with Gasteiger partial charge in [0.15, 0.2) is 0 Å². The van der Waals surface area contributed by atoms with Crippen LogP contribution in [-0.2, 0) is 0 Å². The van der Waals surface area contributed by atoms with Crippen LogP contribution in [0.4, 0.5) is 4.39 Å². The van der Waals surface area contributed by atoms with Crippen LogP contribution in [0, 0.1) is 5.82 Å². The molecule has 0 atom stereocenters. The first-order valence-electron chi connectivity index (χ1n) is 9.65. The molecule has 5 rings (SSSR count). The van der Waals surface area contributed by atoms with E-state index in [0.717, 1.165) is 34.0 Å². The third-order valence-corrected chi connectivity index (χ3v) is 5.65. The number of halogens is 2. The zero-order chi connectivity index (χ0) is 20.7. The van der Waals surface area contributed by atoms with Crippen LogP contribution in [0.25, 0.3) is 27.7 Å². The van der Waals surface area contributed by atoms with E-state index in [1.165, 1.54) is 12.1 Å². The number of nitrogens with one attached hydrogen (secondary N) is 2. The average molecular weight is 421 g/mol. The Morgan fingerprint density at radius 2 is 2.07 bits per heavy atom. The summed E-state index contributed by atoms with van der Waals surface area (Å²) in [5, 5.41) is 8.71. The van der Waals surface area contributed by atoms with Crippen molar-refractivity contribution in [3.63, 3.8) is 0 Å². The van der Waals surface area contributed by atoms with Gasteiger partial charge in [0.1, 0.15) is 11.5 Å². The third-order valence-electron chi connectivity index (χ3n) is 5.41. The average Bonchev–Trinajstić information content (AvgIpc) is 3.41. The number of nitrogens with zero attached hydrogens (tertiary/aromatic N) is 2. The number of amides is 1. The number of H-pyrrole nitrogens is 2. The highest BCUT2D eigenvalue weighted by Crippen LogP contribution is 2.30. The van der Waals surface area contributed by atoms with Gasteiger partial charge >= 0.3 is 0 Å². The van der Waals surface area contributed by atoms with Gasteiger partial charge in [-0.1, -0.05) is 29.8 Å². The van der Waals surface area contributed by atoms with E-state index < -0.39 is 0 Å². The van der Waals surface area contributed by atoms with Crippen molar-refractivity contribution in [2.24, 2.45) is 0 Å². The second kappa shape index (κ2) is 7.46. The van der Waals surface area contributed by atoms with E-state index in [4.69, 9.17) is 11.6 Å². The van der Waals surface area contributed by atoms with Gasteiger partial charge in [-0.05, 0) is 48.4 Å². The number of benzene rings is 2. The van der Waals surface area contributed by atoms with Gasteiger partial charge in [-0.2, -0.15) is 5.10 Å². The summed E-state index contributed by atoms with van der Waals surface area (Å²) < 4.78 is 13.4. The van der Waals surface area contributed by atoms with Gasteiger partial charge in [0, 0.05) is 46.3 Å². The third kappa shape index (κ3) is 3.39. The Hall–Kier alpha value is -3.38.